The van der Waals surface area contributed by atoms with Crippen LogP contribution < -0.4 is 5.32 Å². The van der Waals surface area contributed by atoms with Gasteiger partial charge >= 0.3 is 5.97 Å². The predicted octanol–water partition coefficient (Wildman–Crippen LogP) is 2.29. The normalized spacial score (nSPS) is 11.7. The van der Waals surface area contributed by atoms with Crippen molar-refractivity contribution in [2.45, 2.75) is 6.04 Å². The maximum atomic E-state index is 12.0. The number of nitrogens with zero attached hydrogens (tertiary/aromatic N) is 1. The fraction of sp³-hybridized carbons (Fsp3) is 0.0714. The average Bonchev–Trinajstić information content (AvgIpc) is 2.45. The molecule has 0 fully saturated rings. The van der Waals surface area contributed by atoms with Crippen LogP contribution >= 0.6 is 11.6 Å². The Hall–Kier alpha value is -2.40. The highest BCUT2D eigenvalue weighted by atomic mass is 35.5. The van der Waals surface area contributed by atoms with Crippen LogP contribution in [0.5, 0.6) is 0 Å². The smallest absolute Gasteiger partial charge is 0.330 e. The molecule has 2 aromatic rings. The number of carbonyl (C=O) groups excluding carboxylic acids is 1. The number of halogens is 1. The summed E-state index contributed by atoms with van der Waals surface area (Å²) in [5, 5.41) is 12.0. The molecule has 0 unspecified atom stereocenters. The van der Waals surface area contributed by atoms with Crippen LogP contribution in [0.15, 0.2) is 48.7 Å². The molecule has 0 radical (unpaired) electrons. The third kappa shape index (κ3) is 3.33. The molecule has 1 heterocycles. The van der Waals surface area contributed by atoms with Gasteiger partial charge in [0.2, 0.25) is 0 Å². The van der Waals surface area contributed by atoms with E-state index in [0.29, 0.717) is 10.6 Å². The Morgan fingerprint density at radius 1 is 1.20 bits per heavy atom. The second-order valence-corrected chi connectivity index (χ2v) is 4.45. The van der Waals surface area contributed by atoms with Gasteiger partial charge in [-0.05, 0) is 17.7 Å². The summed E-state index contributed by atoms with van der Waals surface area (Å²) in [6.45, 7) is 0. The summed E-state index contributed by atoms with van der Waals surface area (Å²) in [5.74, 6) is -1.74. The van der Waals surface area contributed by atoms with E-state index in [1.54, 1.807) is 30.3 Å². The Morgan fingerprint density at radius 3 is 2.50 bits per heavy atom. The van der Waals surface area contributed by atoms with Gasteiger partial charge in [-0.25, -0.2) is 4.79 Å². The quantitative estimate of drug-likeness (QED) is 0.905. The van der Waals surface area contributed by atoms with E-state index in [1.807, 2.05) is 0 Å². The third-order valence-corrected chi connectivity index (χ3v) is 2.85. The highest BCUT2D eigenvalue weighted by Crippen LogP contribution is 2.14. The number of carboxylic acid groups (broad SMARTS) is 1. The molecule has 0 saturated heterocycles. The Balaban J connectivity index is 2.21. The number of hydrogen-bond acceptors (Lipinski definition) is 3. The molecule has 0 aliphatic rings. The van der Waals surface area contributed by atoms with Gasteiger partial charge in [0, 0.05) is 11.2 Å². The zero-order chi connectivity index (χ0) is 14.5. The molecule has 0 saturated carbocycles. The monoisotopic (exact) mass is 290 g/mol. The molecule has 6 heteroatoms. The lowest BCUT2D eigenvalue weighted by atomic mass is 10.1. The standard InChI is InChI=1S/C14H11ClN2O3/c15-10-6-7-16-11(8-10)13(18)17-12(14(19)20)9-4-2-1-3-5-9/h1-8,12H,(H,17,18)(H,19,20)/t12-/m1/s1. The lowest BCUT2D eigenvalue weighted by Gasteiger charge is -2.14. The molecule has 0 aliphatic carbocycles. The minimum absolute atomic E-state index is 0.0691. The largest absolute Gasteiger partial charge is 0.479 e. The molecule has 2 rings (SSSR count). The summed E-state index contributed by atoms with van der Waals surface area (Å²) in [7, 11) is 0. The van der Waals surface area contributed by atoms with Gasteiger partial charge < -0.3 is 10.4 Å². The van der Waals surface area contributed by atoms with E-state index in [0.717, 1.165) is 0 Å². The van der Waals surface area contributed by atoms with E-state index in [4.69, 9.17) is 11.6 Å². The molecular formula is C14H11ClN2O3. The molecule has 1 amide bonds. The summed E-state index contributed by atoms with van der Waals surface area (Å²) in [4.78, 5) is 27.1. The predicted molar refractivity (Wildman–Crippen MR) is 73.5 cm³/mol. The van der Waals surface area contributed by atoms with Crippen LogP contribution in [0.4, 0.5) is 0 Å². The van der Waals surface area contributed by atoms with Crippen molar-refractivity contribution >= 4 is 23.5 Å². The number of pyridine rings is 1. The summed E-state index contributed by atoms with van der Waals surface area (Å²) in [6.07, 6.45) is 1.38. The Kier molecular flexibility index (Phi) is 4.32. The van der Waals surface area contributed by atoms with Crippen LogP contribution in [0.25, 0.3) is 0 Å². The van der Waals surface area contributed by atoms with Crippen molar-refractivity contribution in [1.29, 1.82) is 0 Å². The lowest BCUT2D eigenvalue weighted by molar-refractivity contribution is -0.139. The molecule has 0 aliphatic heterocycles. The zero-order valence-electron chi connectivity index (χ0n) is 10.3. The Bertz CT molecular complexity index is 631. The topological polar surface area (TPSA) is 79.3 Å². The van der Waals surface area contributed by atoms with Crippen molar-refractivity contribution in [3.8, 4) is 0 Å². The number of nitrogens with one attached hydrogen (secondary N) is 1. The molecule has 0 spiro atoms. The van der Waals surface area contributed by atoms with E-state index >= 15 is 0 Å². The van der Waals surface area contributed by atoms with Gasteiger partial charge in [0.05, 0.1) is 0 Å². The number of rotatable bonds is 4. The summed E-state index contributed by atoms with van der Waals surface area (Å²) in [5.41, 5.74) is 0.551. The molecule has 1 atom stereocenters. The van der Waals surface area contributed by atoms with Crippen molar-refractivity contribution in [3.05, 3.63) is 64.9 Å². The number of hydrogen-bond donors (Lipinski definition) is 2. The minimum Gasteiger partial charge on any atom is -0.479 e. The molecular weight excluding hydrogens is 280 g/mol. The molecule has 102 valence electrons. The molecule has 1 aromatic carbocycles. The second kappa shape index (κ2) is 6.16. The first-order valence-corrected chi connectivity index (χ1v) is 6.16. The lowest BCUT2D eigenvalue weighted by Crippen LogP contribution is -2.34. The third-order valence-electron chi connectivity index (χ3n) is 2.61. The van der Waals surface area contributed by atoms with Crippen LogP contribution in [-0.4, -0.2) is 22.0 Å². The first-order valence-electron chi connectivity index (χ1n) is 5.78. The van der Waals surface area contributed by atoms with Crippen molar-refractivity contribution in [2.24, 2.45) is 0 Å². The van der Waals surface area contributed by atoms with Gasteiger partial charge in [0.1, 0.15) is 5.69 Å². The fourth-order valence-corrected chi connectivity index (χ4v) is 1.83. The average molecular weight is 291 g/mol. The fourth-order valence-electron chi connectivity index (χ4n) is 1.67. The van der Waals surface area contributed by atoms with Crippen LogP contribution in [0.3, 0.4) is 0 Å². The molecule has 20 heavy (non-hydrogen) atoms. The number of aliphatic carboxylic acids is 1. The van der Waals surface area contributed by atoms with Crippen molar-refractivity contribution in [3.63, 3.8) is 0 Å². The van der Waals surface area contributed by atoms with E-state index in [-0.39, 0.29) is 5.69 Å². The molecule has 5 nitrogen and oxygen atoms in total. The van der Waals surface area contributed by atoms with E-state index in [2.05, 4.69) is 10.3 Å². The van der Waals surface area contributed by atoms with E-state index in [9.17, 15) is 14.7 Å². The van der Waals surface area contributed by atoms with Crippen LogP contribution in [-0.2, 0) is 4.79 Å². The van der Waals surface area contributed by atoms with Crippen LogP contribution in [0, 0.1) is 0 Å². The van der Waals surface area contributed by atoms with Crippen molar-refractivity contribution < 1.29 is 14.7 Å². The maximum absolute atomic E-state index is 12.0. The second-order valence-electron chi connectivity index (χ2n) is 4.01. The van der Waals surface area contributed by atoms with Crippen molar-refractivity contribution in [1.82, 2.24) is 10.3 Å². The Morgan fingerprint density at radius 2 is 1.90 bits per heavy atom. The number of aromatic nitrogens is 1. The van der Waals surface area contributed by atoms with Gasteiger partial charge in [-0.1, -0.05) is 41.9 Å². The first kappa shape index (κ1) is 14.0. The van der Waals surface area contributed by atoms with Gasteiger partial charge in [-0.15, -0.1) is 0 Å². The summed E-state index contributed by atoms with van der Waals surface area (Å²) >= 11 is 5.77. The van der Waals surface area contributed by atoms with Crippen LogP contribution in [0.1, 0.15) is 22.1 Å². The van der Waals surface area contributed by atoms with Gasteiger partial charge in [0.25, 0.3) is 5.91 Å². The first-order chi connectivity index (χ1) is 9.58. The number of amides is 1. The van der Waals surface area contributed by atoms with Gasteiger partial charge in [-0.2, -0.15) is 0 Å². The highest BCUT2D eigenvalue weighted by Gasteiger charge is 2.22. The van der Waals surface area contributed by atoms with Gasteiger partial charge in [0.15, 0.2) is 6.04 Å². The summed E-state index contributed by atoms with van der Waals surface area (Å²) < 4.78 is 0. The number of carboxylic acids is 1. The van der Waals surface area contributed by atoms with Gasteiger partial charge in [-0.3, -0.25) is 9.78 Å². The van der Waals surface area contributed by atoms with E-state index in [1.165, 1.54) is 18.3 Å². The molecule has 0 bridgehead atoms. The maximum Gasteiger partial charge on any atom is 0.330 e. The van der Waals surface area contributed by atoms with Crippen LogP contribution in [0.2, 0.25) is 5.02 Å². The SMILES string of the molecule is O=C(N[C@@H](C(=O)O)c1ccccc1)c1cc(Cl)ccn1. The number of benzene rings is 1. The Labute approximate surface area is 120 Å². The minimum atomic E-state index is -1.15. The van der Waals surface area contributed by atoms with Crippen molar-refractivity contribution in [2.75, 3.05) is 0 Å². The van der Waals surface area contributed by atoms with E-state index < -0.39 is 17.9 Å². The molecule has 2 N–H and O–H groups in total. The highest BCUT2D eigenvalue weighted by molar-refractivity contribution is 6.30. The summed E-state index contributed by atoms with van der Waals surface area (Å²) in [6, 6.07) is 10.2. The number of carbonyl (C=O) groups is 2. The molecule has 1 aromatic heterocycles. The zero-order valence-corrected chi connectivity index (χ0v) is 11.0.